The van der Waals surface area contributed by atoms with Gasteiger partial charge in [0, 0.05) is 33.2 Å². The summed E-state index contributed by atoms with van der Waals surface area (Å²) >= 11 is 0. The van der Waals surface area contributed by atoms with Gasteiger partial charge in [0.2, 0.25) is 0 Å². The van der Waals surface area contributed by atoms with Crippen LogP contribution in [0.15, 0.2) is 115 Å². The lowest BCUT2D eigenvalue weighted by molar-refractivity contribution is -0.0452. The predicted molar refractivity (Wildman–Crippen MR) is 178 cm³/mol. The van der Waals surface area contributed by atoms with Crippen molar-refractivity contribution in [3.05, 3.63) is 126 Å². The number of rotatable bonds is 3. The number of benzene rings is 5. The molecule has 6 aromatic rings. The van der Waals surface area contributed by atoms with Crippen molar-refractivity contribution in [2.45, 2.75) is 37.5 Å². The molecule has 218 valence electrons. The van der Waals surface area contributed by atoms with Crippen molar-refractivity contribution in [2.24, 2.45) is 23.7 Å². The van der Waals surface area contributed by atoms with Gasteiger partial charge in [0.25, 0.3) is 0 Å². The Hall–Kier alpha value is -4.83. The predicted octanol–water partition coefficient (Wildman–Crippen LogP) is 9.87. The van der Waals surface area contributed by atoms with E-state index in [1.54, 1.807) is 0 Å². The number of nitrogens with zero attached hydrogens (tertiary/aromatic N) is 3. The fraction of sp³-hybridized carbons (Fsp3) is 0.244. The lowest BCUT2D eigenvalue weighted by Crippen LogP contribution is -2.56. The molecule has 0 N–H and O–H groups in total. The van der Waals surface area contributed by atoms with Gasteiger partial charge in [-0.2, -0.15) is 0 Å². The molecule has 1 aliphatic heterocycles. The maximum Gasteiger partial charge on any atom is 0.164 e. The fourth-order valence-electron chi connectivity index (χ4n) is 9.73. The summed E-state index contributed by atoms with van der Waals surface area (Å²) in [4.78, 5) is 15.1. The Morgan fingerprint density at radius 3 is 1.80 bits per heavy atom. The van der Waals surface area contributed by atoms with Crippen LogP contribution in [-0.4, -0.2) is 15.0 Å². The van der Waals surface area contributed by atoms with E-state index in [0.29, 0.717) is 29.3 Å². The van der Waals surface area contributed by atoms with Crippen LogP contribution >= 0.6 is 0 Å². The van der Waals surface area contributed by atoms with E-state index in [1.165, 1.54) is 54.0 Å². The SMILES string of the molecule is c1ccc(-c2nc(-c3ccc4c(c3)Oc3ccccc3C43C4CC5CC(C4)CC3C5)nc(-c3ccc4ccccc4c3)n2)cc1. The minimum Gasteiger partial charge on any atom is -0.457 e. The highest BCUT2D eigenvalue weighted by Crippen LogP contribution is 2.68. The van der Waals surface area contributed by atoms with Crippen molar-refractivity contribution >= 4 is 10.8 Å². The van der Waals surface area contributed by atoms with Crippen molar-refractivity contribution in [1.82, 2.24) is 15.0 Å². The number of para-hydroxylation sites is 1. The highest BCUT2D eigenvalue weighted by molar-refractivity contribution is 5.86. The summed E-state index contributed by atoms with van der Waals surface area (Å²) in [6.07, 6.45) is 6.80. The smallest absolute Gasteiger partial charge is 0.164 e. The Labute approximate surface area is 263 Å². The monoisotopic (exact) mass is 583 g/mol. The second-order valence-electron chi connectivity index (χ2n) is 13.7. The Bertz CT molecular complexity index is 2090. The molecule has 5 aromatic carbocycles. The van der Waals surface area contributed by atoms with E-state index in [1.807, 2.05) is 18.2 Å². The average molecular weight is 584 g/mol. The van der Waals surface area contributed by atoms with E-state index in [2.05, 4.69) is 97.1 Å². The molecule has 4 bridgehead atoms. The first-order valence-electron chi connectivity index (χ1n) is 16.5. The molecule has 4 fully saturated rings. The summed E-state index contributed by atoms with van der Waals surface area (Å²) in [6.45, 7) is 0. The molecule has 45 heavy (non-hydrogen) atoms. The highest BCUT2D eigenvalue weighted by Gasteiger charge is 2.61. The topological polar surface area (TPSA) is 47.9 Å². The van der Waals surface area contributed by atoms with Crippen molar-refractivity contribution in [2.75, 3.05) is 0 Å². The van der Waals surface area contributed by atoms with Crippen LogP contribution in [0.1, 0.15) is 43.2 Å². The quantitative estimate of drug-likeness (QED) is 0.208. The largest absolute Gasteiger partial charge is 0.457 e. The van der Waals surface area contributed by atoms with Gasteiger partial charge in [-0.15, -0.1) is 0 Å². The third-order valence-corrected chi connectivity index (χ3v) is 11.3. The van der Waals surface area contributed by atoms with Gasteiger partial charge in [0.15, 0.2) is 17.5 Å². The summed E-state index contributed by atoms with van der Waals surface area (Å²) in [5.74, 6) is 7.12. The summed E-state index contributed by atoms with van der Waals surface area (Å²) in [5.41, 5.74) is 5.70. The first kappa shape index (κ1) is 25.5. The number of ether oxygens (including phenoxy) is 1. The molecule has 4 aliphatic carbocycles. The van der Waals surface area contributed by atoms with Crippen molar-refractivity contribution < 1.29 is 4.74 Å². The number of fused-ring (bicyclic) bond motifs is 3. The van der Waals surface area contributed by atoms with Gasteiger partial charge in [-0.25, -0.2) is 15.0 Å². The number of hydrogen-bond donors (Lipinski definition) is 0. The standard InChI is InChI=1S/C41H33N3O/c1-2-9-28(10-3-1)38-42-39(30-15-14-27-8-4-5-11-29(27)23-30)44-40(43-38)31-16-17-35-37(24-31)45-36-13-7-6-12-34(36)41(35)32-19-25-18-26(21-32)22-33(41)20-25/h1-17,23-26,32-33H,18-22H2. The molecule has 1 aromatic heterocycles. The van der Waals surface area contributed by atoms with Crippen LogP contribution in [0.2, 0.25) is 0 Å². The first-order chi connectivity index (χ1) is 22.2. The Morgan fingerprint density at radius 2 is 1.04 bits per heavy atom. The molecule has 4 heteroatoms. The van der Waals surface area contributed by atoms with Crippen LogP contribution in [0.4, 0.5) is 0 Å². The fourth-order valence-corrected chi connectivity index (χ4v) is 9.73. The van der Waals surface area contributed by atoms with Crippen molar-refractivity contribution in [3.63, 3.8) is 0 Å². The molecule has 0 atom stereocenters. The Balaban J connectivity index is 1.14. The molecule has 1 spiro atoms. The molecule has 0 unspecified atom stereocenters. The third-order valence-electron chi connectivity index (χ3n) is 11.3. The van der Waals surface area contributed by atoms with Crippen molar-refractivity contribution in [3.8, 4) is 45.7 Å². The molecule has 4 saturated carbocycles. The van der Waals surface area contributed by atoms with Gasteiger partial charge >= 0.3 is 0 Å². The van der Waals surface area contributed by atoms with E-state index in [0.717, 1.165) is 40.0 Å². The molecule has 2 heterocycles. The highest BCUT2D eigenvalue weighted by atomic mass is 16.5. The van der Waals surface area contributed by atoms with Crippen LogP contribution in [0, 0.1) is 23.7 Å². The zero-order valence-corrected chi connectivity index (χ0v) is 25.1. The normalized spacial score (nSPS) is 25.6. The first-order valence-corrected chi connectivity index (χ1v) is 16.5. The average Bonchev–Trinajstić information content (AvgIpc) is 3.09. The molecule has 0 amide bonds. The van der Waals surface area contributed by atoms with E-state index in [9.17, 15) is 0 Å². The lowest BCUT2D eigenvalue weighted by atomic mass is 9.42. The zero-order valence-electron chi connectivity index (χ0n) is 25.1. The summed E-state index contributed by atoms with van der Waals surface area (Å²) in [7, 11) is 0. The van der Waals surface area contributed by atoms with Crippen LogP contribution in [-0.2, 0) is 5.41 Å². The molecule has 5 aliphatic rings. The number of aromatic nitrogens is 3. The molecule has 0 saturated heterocycles. The molecular formula is C41H33N3O. The van der Waals surface area contributed by atoms with Gasteiger partial charge < -0.3 is 4.74 Å². The van der Waals surface area contributed by atoms with Crippen LogP contribution < -0.4 is 4.74 Å². The Kier molecular flexibility index (Phi) is 5.43. The summed E-state index contributed by atoms with van der Waals surface area (Å²) in [6, 6.07) is 40.7. The minimum atomic E-state index is 0.0285. The van der Waals surface area contributed by atoms with Gasteiger partial charge in [-0.05, 0) is 84.7 Å². The number of hydrogen-bond acceptors (Lipinski definition) is 4. The summed E-state index contributed by atoms with van der Waals surface area (Å²) in [5, 5.41) is 2.37. The van der Waals surface area contributed by atoms with E-state index >= 15 is 0 Å². The second kappa shape index (κ2) is 9.58. The van der Waals surface area contributed by atoms with Gasteiger partial charge in [0.1, 0.15) is 11.5 Å². The van der Waals surface area contributed by atoms with Crippen molar-refractivity contribution in [1.29, 1.82) is 0 Å². The molecule has 11 rings (SSSR count). The third kappa shape index (κ3) is 3.81. The van der Waals surface area contributed by atoms with Crippen LogP contribution in [0.5, 0.6) is 11.5 Å². The Morgan fingerprint density at radius 1 is 0.467 bits per heavy atom. The van der Waals surface area contributed by atoms with E-state index in [-0.39, 0.29) is 5.41 Å². The van der Waals surface area contributed by atoms with Crippen LogP contribution in [0.3, 0.4) is 0 Å². The van der Waals surface area contributed by atoms with Gasteiger partial charge in [-0.1, -0.05) is 97.1 Å². The zero-order chi connectivity index (χ0) is 29.5. The maximum atomic E-state index is 6.78. The van der Waals surface area contributed by atoms with Crippen LogP contribution in [0.25, 0.3) is 44.9 Å². The molecular weight excluding hydrogens is 550 g/mol. The summed E-state index contributed by atoms with van der Waals surface area (Å²) < 4.78 is 6.78. The van der Waals surface area contributed by atoms with Gasteiger partial charge in [-0.3, -0.25) is 0 Å². The van der Waals surface area contributed by atoms with Gasteiger partial charge in [0.05, 0.1) is 0 Å². The second-order valence-corrected chi connectivity index (χ2v) is 13.7. The van der Waals surface area contributed by atoms with E-state index < -0.39 is 0 Å². The minimum absolute atomic E-state index is 0.0285. The molecule has 4 nitrogen and oxygen atoms in total. The maximum absolute atomic E-state index is 6.78. The lowest BCUT2D eigenvalue weighted by Gasteiger charge is -2.63. The van der Waals surface area contributed by atoms with E-state index in [4.69, 9.17) is 19.7 Å². The molecule has 0 radical (unpaired) electrons.